The summed E-state index contributed by atoms with van der Waals surface area (Å²) in [6.45, 7) is 0. The number of carbonyl (C=O) groups excluding carboxylic acids is 2. The van der Waals surface area contributed by atoms with E-state index in [9.17, 15) is 9.59 Å². The number of aromatic nitrogens is 2. The van der Waals surface area contributed by atoms with Gasteiger partial charge in [-0.1, -0.05) is 6.07 Å². The fraction of sp³-hybridized carbons (Fsp3) is 0.0833. The first-order chi connectivity index (χ1) is 9.08. The number of hydrogen-bond donors (Lipinski definition) is 2. The van der Waals surface area contributed by atoms with E-state index in [0.717, 1.165) is 4.47 Å². The van der Waals surface area contributed by atoms with Crippen LogP contribution in [0.25, 0.3) is 0 Å². The van der Waals surface area contributed by atoms with E-state index >= 15 is 0 Å². The fourth-order valence-electron chi connectivity index (χ4n) is 1.49. The summed E-state index contributed by atoms with van der Waals surface area (Å²) in [5.41, 5.74) is 5.29. The first-order valence-electron chi connectivity index (χ1n) is 5.41. The number of rotatable bonds is 2. The van der Waals surface area contributed by atoms with Crippen molar-refractivity contribution < 1.29 is 9.59 Å². The van der Waals surface area contributed by atoms with E-state index in [4.69, 9.17) is 0 Å². The van der Waals surface area contributed by atoms with Crippen molar-refractivity contribution in [3.63, 3.8) is 0 Å². The molecule has 0 aromatic carbocycles. The molecule has 0 saturated carbocycles. The Kier molecular flexibility index (Phi) is 3.96. The highest BCUT2D eigenvalue weighted by Gasteiger charge is 2.12. The topological polar surface area (TPSA) is 76.0 Å². The lowest BCUT2D eigenvalue weighted by atomic mass is 10.3. The molecule has 0 aliphatic carbocycles. The lowest BCUT2D eigenvalue weighted by molar-refractivity contribution is 0.0839. The molecule has 0 aliphatic rings. The second-order valence-corrected chi connectivity index (χ2v) is 4.69. The highest BCUT2D eigenvalue weighted by molar-refractivity contribution is 9.10. The number of nitrogens with one attached hydrogen (secondary N) is 2. The number of aryl methyl sites for hydroxylation is 1. The summed E-state index contributed by atoms with van der Waals surface area (Å²) in [7, 11) is 1.74. The Bertz CT molecular complexity index is 609. The highest BCUT2D eigenvalue weighted by atomic mass is 79.9. The number of nitrogens with zero attached hydrogens (tertiary/aromatic N) is 2. The SMILES string of the molecule is Cn1cc(Br)cc1C(=O)NNC(=O)c1ccccn1. The molecule has 19 heavy (non-hydrogen) atoms. The summed E-state index contributed by atoms with van der Waals surface area (Å²) in [6, 6.07) is 6.61. The Balaban J connectivity index is 1.98. The van der Waals surface area contributed by atoms with E-state index in [1.54, 1.807) is 42.1 Å². The smallest absolute Gasteiger partial charge is 0.288 e. The molecule has 0 atom stereocenters. The maximum atomic E-state index is 11.8. The minimum absolute atomic E-state index is 0.232. The second-order valence-electron chi connectivity index (χ2n) is 3.78. The Morgan fingerprint density at radius 1 is 1.26 bits per heavy atom. The fourth-order valence-corrected chi connectivity index (χ4v) is 2.01. The zero-order valence-corrected chi connectivity index (χ0v) is 11.6. The van der Waals surface area contributed by atoms with Crippen LogP contribution in [-0.2, 0) is 7.05 Å². The van der Waals surface area contributed by atoms with Gasteiger partial charge >= 0.3 is 0 Å². The standard InChI is InChI=1S/C12H11BrN4O2/c1-17-7-8(13)6-10(17)12(19)16-15-11(18)9-4-2-3-5-14-9/h2-7H,1H3,(H,15,18)(H,16,19). The number of hydrazine groups is 1. The Morgan fingerprint density at radius 3 is 2.58 bits per heavy atom. The highest BCUT2D eigenvalue weighted by Crippen LogP contribution is 2.13. The van der Waals surface area contributed by atoms with E-state index in [2.05, 4.69) is 31.8 Å². The quantitative estimate of drug-likeness (QED) is 0.817. The van der Waals surface area contributed by atoms with Crippen molar-refractivity contribution in [1.29, 1.82) is 0 Å². The molecule has 2 aromatic rings. The van der Waals surface area contributed by atoms with Crippen molar-refractivity contribution in [2.45, 2.75) is 0 Å². The molecule has 0 bridgehead atoms. The van der Waals surface area contributed by atoms with Gasteiger partial charge in [-0.2, -0.15) is 0 Å². The molecule has 0 radical (unpaired) electrons. The summed E-state index contributed by atoms with van der Waals surface area (Å²) in [5.74, 6) is -0.875. The summed E-state index contributed by atoms with van der Waals surface area (Å²) in [5, 5.41) is 0. The first kappa shape index (κ1) is 13.3. The Labute approximate surface area is 117 Å². The molecule has 0 saturated heterocycles. The molecule has 0 fully saturated rings. The van der Waals surface area contributed by atoms with Crippen molar-refractivity contribution >= 4 is 27.7 Å². The van der Waals surface area contributed by atoms with Crippen molar-refractivity contribution in [3.8, 4) is 0 Å². The lowest BCUT2D eigenvalue weighted by Crippen LogP contribution is -2.42. The van der Waals surface area contributed by atoms with Crippen LogP contribution in [0.2, 0.25) is 0 Å². The predicted molar refractivity (Wildman–Crippen MR) is 72.3 cm³/mol. The molecule has 2 amide bonds. The zero-order valence-electron chi connectivity index (χ0n) is 10.1. The van der Waals surface area contributed by atoms with Gasteiger partial charge in [0.25, 0.3) is 11.8 Å². The average molecular weight is 323 g/mol. The largest absolute Gasteiger partial charge is 0.345 e. The maximum absolute atomic E-state index is 11.8. The minimum atomic E-state index is -0.470. The van der Waals surface area contributed by atoms with Crippen LogP contribution in [0.1, 0.15) is 21.0 Å². The molecular weight excluding hydrogens is 312 g/mol. The molecule has 2 rings (SSSR count). The van der Waals surface area contributed by atoms with Crippen molar-refractivity contribution in [2.24, 2.45) is 7.05 Å². The number of amides is 2. The molecule has 2 N–H and O–H groups in total. The summed E-state index contributed by atoms with van der Waals surface area (Å²) < 4.78 is 2.43. The van der Waals surface area contributed by atoms with Crippen molar-refractivity contribution in [1.82, 2.24) is 20.4 Å². The first-order valence-corrected chi connectivity index (χ1v) is 6.21. The minimum Gasteiger partial charge on any atom is -0.345 e. The molecule has 6 nitrogen and oxygen atoms in total. The molecular formula is C12H11BrN4O2. The zero-order chi connectivity index (χ0) is 13.8. The van der Waals surface area contributed by atoms with Gasteiger partial charge in [-0.05, 0) is 34.1 Å². The molecule has 0 aliphatic heterocycles. The van der Waals surface area contributed by atoms with E-state index < -0.39 is 11.8 Å². The molecule has 7 heteroatoms. The van der Waals surface area contributed by atoms with Crippen molar-refractivity contribution in [2.75, 3.05) is 0 Å². The van der Waals surface area contributed by atoms with E-state index in [1.165, 1.54) is 6.20 Å². The van der Waals surface area contributed by atoms with Crippen LogP contribution in [0, 0.1) is 0 Å². The van der Waals surface area contributed by atoms with Gasteiger partial charge in [0.1, 0.15) is 11.4 Å². The van der Waals surface area contributed by atoms with Gasteiger partial charge in [0.15, 0.2) is 0 Å². The second kappa shape index (κ2) is 5.66. The summed E-state index contributed by atoms with van der Waals surface area (Å²) >= 11 is 3.27. The number of hydrogen-bond acceptors (Lipinski definition) is 3. The molecule has 98 valence electrons. The van der Waals surface area contributed by atoms with Gasteiger partial charge in [-0.3, -0.25) is 25.4 Å². The maximum Gasteiger partial charge on any atom is 0.288 e. The van der Waals surface area contributed by atoms with Crippen LogP contribution in [-0.4, -0.2) is 21.4 Å². The molecule has 2 aromatic heterocycles. The normalized spacial score (nSPS) is 10.0. The van der Waals surface area contributed by atoms with Crippen LogP contribution in [0.4, 0.5) is 0 Å². The van der Waals surface area contributed by atoms with E-state index in [-0.39, 0.29) is 5.69 Å². The van der Waals surface area contributed by atoms with Gasteiger partial charge in [0.2, 0.25) is 0 Å². The third kappa shape index (κ3) is 3.19. The van der Waals surface area contributed by atoms with Crippen LogP contribution < -0.4 is 10.9 Å². The number of pyridine rings is 1. The lowest BCUT2D eigenvalue weighted by Gasteiger charge is -2.07. The van der Waals surface area contributed by atoms with E-state index in [1.807, 2.05) is 0 Å². The van der Waals surface area contributed by atoms with Gasteiger partial charge in [0, 0.05) is 23.9 Å². The van der Waals surface area contributed by atoms with Gasteiger partial charge in [-0.15, -0.1) is 0 Å². The third-order valence-corrected chi connectivity index (χ3v) is 2.82. The van der Waals surface area contributed by atoms with Gasteiger partial charge < -0.3 is 4.57 Å². The van der Waals surface area contributed by atoms with Crippen LogP contribution in [0.5, 0.6) is 0 Å². The van der Waals surface area contributed by atoms with Gasteiger partial charge in [0.05, 0.1) is 0 Å². The van der Waals surface area contributed by atoms with Crippen molar-refractivity contribution in [3.05, 3.63) is 52.5 Å². The Hall–Kier alpha value is -2.15. The van der Waals surface area contributed by atoms with Crippen LogP contribution in [0.15, 0.2) is 41.1 Å². The van der Waals surface area contributed by atoms with Gasteiger partial charge in [-0.25, -0.2) is 0 Å². The molecule has 0 spiro atoms. The van der Waals surface area contributed by atoms with Crippen LogP contribution >= 0.6 is 15.9 Å². The van der Waals surface area contributed by atoms with E-state index in [0.29, 0.717) is 5.69 Å². The summed E-state index contributed by atoms with van der Waals surface area (Å²) in [4.78, 5) is 27.4. The number of halogens is 1. The molecule has 2 heterocycles. The third-order valence-electron chi connectivity index (χ3n) is 2.39. The number of carbonyl (C=O) groups is 2. The molecule has 0 unspecified atom stereocenters. The summed E-state index contributed by atoms with van der Waals surface area (Å²) in [6.07, 6.45) is 3.25. The monoisotopic (exact) mass is 322 g/mol. The Morgan fingerprint density at radius 2 is 2.00 bits per heavy atom. The predicted octanol–water partition coefficient (Wildman–Crippen LogP) is 1.26. The average Bonchev–Trinajstić information content (AvgIpc) is 2.75. The van der Waals surface area contributed by atoms with Crippen LogP contribution in [0.3, 0.4) is 0 Å².